The second kappa shape index (κ2) is 4.43. The van der Waals surface area contributed by atoms with Crippen molar-refractivity contribution in [3.05, 3.63) is 35.6 Å². The Morgan fingerprint density at radius 2 is 2.06 bits per heavy atom. The van der Waals surface area contributed by atoms with Gasteiger partial charge in [-0.3, -0.25) is 9.79 Å². The van der Waals surface area contributed by atoms with Crippen molar-refractivity contribution in [2.24, 2.45) is 4.99 Å². The van der Waals surface area contributed by atoms with Crippen LogP contribution >= 0.6 is 0 Å². The molecule has 0 aliphatic carbocycles. The summed E-state index contributed by atoms with van der Waals surface area (Å²) in [6.07, 6.45) is 1.25. The zero-order valence-corrected chi connectivity index (χ0v) is 9.03. The van der Waals surface area contributed by atoms with E-state index < -0.39 is 0 Å². The standard InChI is InChI=1S/C12H13FN2O/c1-2-10-12(16)15-11(14-10)7-8-3-5-9(13)6-4-8/h3-6,10H,2,7H2,1H3,(H,14,15,16). The van der Waals surface area contributed by atoms with E-state index in [1.807, 2.05) is 6.92 Å². The highest BCUT2D eigenvalue weighted by Crippen LogP contribution is 2.09. The van der Waals surface area contributed by atoms with Crippen molar-refractivity contribution in [3.63, 3.8) is 0 Å². The van der Waals surface area contributed by atoms with Crippen LogP contribution in [0, 0.1) is 5.82 Å². The van der Waals surface area contributed by atoms with E-state index in [2.05, 4.69) is 10.3 Å². The maximum Gasteiger partial charge on any atom is 0.250 e. The SMILES string of the molecule is CCC1N=C(Cc2ccc(F)cc2)NC1=O. The molecular weight excluding hydrogens is 207 g/mol. The Labute approximate surface area is 93.4 Å². The average Bonchev–Trinajstić information content (AvgIpc) is 2.62. The molecule has 1 atom stereocenters. The average molecular weight is 220 g/mol. The molecule has 0 saturated heterocycles. The van der Waals surface area contributed by atoms with Gasteiger partial charge in [0.1, 0.15) is 17.7 Å². The van der Waals surface area contributed by atoms with Crippen LogP contribution in [0.25, 0.3) is 0 Å². The van der Waals surface area contributed by atoms with E-state index in [4.69, 9.17) is 0 Å². The molecular formula is C12H13FN2O. The summed E-state index contributed by atoms with van der Waals surface area (Å²) in [6.45, 7) is 1.93. The smallest absolute Gasteiger partial charge is 0.250 e. The maximum atomic E-state index is 12.7. The number of carbonyl (C=O) groups is 1. The van der Waals surface area contributed by atoms with Gasteiger partial charge in [-0.2, -0.15) is 0 Å². The van der Waals surface area contributed by atoms with Crippen LogP contribution in [0.5, 0.6) is 0 Å². The molecule has 2 rings (SSSR count). The number of halogens is 1. The normalized spacial score (nSPS) is 19.5. The van der Waals surface area contributed by atoms with Crippen LogP contribution in [0.3, 0.4) is 0 Å². The fraction of sp³-hybridized carbons (Fsp3) is 0.333. The topological polar surface area (TPSA) is 41.5 Å². The molecule has 0 fully saturated rings. The van der Waals surface area contributed by atoms with Crippen molar-refractivity contribution in [2.45, 2.75) is 25.8 Å². The molecule has 1 aromatic rings. The van der Waals surface area contributed by atoms with Crippen LogP contribution < -0.4 is 5.32 Å². The lowest BCUT2D eigenvalue weighted by Crippen LogP contribution is -2.29. The molecule has 1 aromatic carbocycles. The molecule has 1 unspecified atom stereocenters. The largest absolute Gasteiger partial charge is 0.312 e. The van der Waals surface area contributed by atoms with E-state index in [0.29, 0.717) is 18.7 Å². The van der Waals surface area contributed by atoms with Crippen LogP contribution in [0.1, 0.15) is 18.9 Å². The molecule has 3 nitrogen and oxygen atoms in total. The molecule has 0 spiro atoms. The van der Waals surface area contributed by atoms with Crippen molar-refractivity contribution < 1.29 is 9.18 Å². The molecule has 1 aliphatic rings. The first-order chi connectivity index (χ1) is 7.69. The van der Waals surface area contributed by atoms with E-state index >= 15 is 0 Å². The Kier molecular flexibility index (Phi) is 2.99. The zero-order chi connectivity index (χ0) is 11.5. The highest BCUT2D eigenvalue weighted by atomic mass is 19.1. The van der Waals surface area contributed by atoms with Gasteiger partial charge in [0.25, 0.3) is 0 Å². The van der Waals surface area contributed by atoms with Crippen LogP contribution in [0.2, 0.25) is 0 Å². The number of nitrogens with zero attached hydrogens (tertiary/aromatic N) is 1. The summed E-state index contributed by atoms with van der Waals surface area (Å²) in [5, 5.41) is 2.74. The van der Waals surface area contributed by atoms with Gasteiger partial charge in [0.05, 0.1) is 0 Å². The summed E-state index contributed by atoms with van der Waals surface area (Å²) in [6, 6.07) is 5.95. The predicted octanol–water partition coefficient (Wildman–Crippen LogP) is 1.68. The number of nitrogens with one attached hydrogen (secondary N) is 1. The van der Waals surface area contributed by atoms with Gasteiger partial charge in [-0.05, 0) is 24.1 Å². The van der Waals surface area contributed by atoms with E-state index in [0.717, 1.165) is 5.56 Å². The Morgan fingerprint density at radius 1 is 1.38 bits per heavy atom. The van der Waals surface area contributed by atoms with Gasteiger partial charge in [0.15, 0.2) is 0 Å². The van der Waals surface area contributed by atoms with Gasteiger partial charge < -0.3 is 5.32 Å². The van der Waals surface area contributed by atoms with Gasteiger partial charge in [-0.1, -0.05) is 19.1 Å². The van der Waals surface area contributed by atoms with Gasteiger partial charge >= 0.3 is 0 Å². The van der Waals surface area contributed by atoms with Gasteiger partial charge in [0, 0.05) is 6.42 Å². The maximum absolute atomic E-state index is 12.7. The van der Waals surface area contributed by atoms with Crippen molar-refractivity contribution in [2.75, 3.05) is 0 Å². The summed E-state index contributed by atoms with van der Waals surface area (Å²) < 4.78 is 12.7. The molecule has 4 heteroatoms. The van der Waals surface area contributed by atoms with Crippen LogP contribution in [-0.2, 0) is 11.2 Å². The molecule has 1 amide bonds. The van der Waals surface area contributed by atoms with Crippen molar-refractivity contribution in [1.82, 2.24) is 5.32 Å². The third-order valence-electron chi connectivity index (χ3n) is 2.55. The summed E-state index contributed by atoms with van der Waals surface area (Å²) >= 11 is 0. The van der Waals surface area contributed by atoms with E-state index in [-0.39, 0.29) is 17.8 Å². The highest BCUT2D eigenvalue weighted by Gasteiger charge is 2.23. The first-order valence-corrected chi connectivity index (χ1v) is 5.31. The number of amides is 1. The number of hydrogen-bond acceptors (Lipinski definition) is 2. The molecule has 1 aliphatic heterocycles. The van der Waals surface area contributed by atoms with Gasteiger partial charge in [0.2, 0.25) is 5.91 Å². The number of rotatable bonds is 3. The van der Waals surface area contributed by atoms with Gasteiger partial charge in [-0.15, -0.1) is 0 Å². The second-order valence-electron chi connectivity index (χ2n) is 3.79. The summed E-state index contributed by atoms with van der Waals surface area (Å²) in [5.41, 5.74) is 0.942. The minimum atomic E-state index is -0.257. The monoisotopic (exact) mass is 220 g/mol. The van der Waals surface area contributed by atoms with Crippen molar-refractivity contribution in [1.29, 1.82) is 0 Å². The Balaban J connectivity index is 2.06. The quantitative estimate of drug-likeness (QED) is 0.827. The van der Waals surface area contributed by atoms with Crippen LogP contribution in [-0.4, -0.2) is 17.8 Å². The van der Waals surface area contributed by atoms with Gasteiger partial charge in [-0.25, -0.2) is 4.39 Å². The minimum absolute atomic E-state index is 0.0420. The van der Waals surface area contributed by atoms with Crippen LogP contribution in [0.15, 0.2) is 29.3 Å². The molecule has 0 radical (unpaired) electrons. The predicted molar refractivity (Wildman–Crippen MR) is 59.8 cm³/mol. The molecule has 16 heavy (non-hydrogen) atoms. The second-order valence-corrected chi connectivity index (χ2v) is 3.79. The number of amidine groups is 1. The fourth-order valence-corrected chi connectivity index (χ4v) is 1.67. The van der Waals surface area contributed by atoms with Crippen molar-refractivity contribution >= 4 is 11.7 Å². The third-order valence-corrected chi connectivity index (χ3v) is 2.55. The van der Waals surface area contributed by atoms with Crippen molar-refractivity contribution in [3.8, 4) is 0 Å². The molecule has 0 saturated carbocycles. The Bertz CT molecular complexity index is 425. The molecule has 0 aromatic heterocycles. The van der Waals surface area contributed by atoms with E-state index in [9.17, 15) is 9.18 Å². The fourth-order valence-electron chi connectivity index (χ4n) is 1.67. The molecule has 0 bridgehead atoms. The summed E-state index contributed by atoms with van der Waals surface area (Å²) in [7, 11) is 0. The summed E-state index contributed by atoms with van der Waals surface area (Å²) in [4.78, 5) is 15.6. The number of benzene rings is 1. The summed E-state index contributed by atoms with van der Waals surface area (Å²) in [5.74, 6) is 0.371. The van der Waals surface area contributed by atoms with E-state index in [1.165, 1.54) is 12.1 Å². The lowest BCUT2D eigenvalue weighted by atomic mass is 10.1. The zero-order valence-electron chi connectivity index (χ0n) is 9.03. The Hall–Kier alpha value is -1.71. The first-order valence-electron chi connectivity index (χ1n) is 5.31. The Morgan fingerprint density at radius 3 is 2.62 bits per heavy atom. The lowest BCUT2D eigenvalue weighted by molar-refractivity contribution is -0.120. The first kappa shape index (κ1) is 10.8. The molecule has 1 N–H and O–H groups in total. The molecule has 1 heterocycles. The third kappa shape index (κ3) is 2.27. The van der Waals surface area contributed by atoms with Crippen LogP contribution in [0.4, 0.5) is 4.39 Å². The number of aliphatic imine (C=N–C) groups is 1. The number of hydrogen-bond donors (Lipinski definition) is 1. The number of carbonyl (C=O) groups excluding carboxylic acids is 1. The van der Waals surface area contributed by atoms with E-state index in [1.54, 1.807) is 12.1 Å². The molecule has 84 valence electrons. The minimum Gasteiger partial charge on any atom is -0.312 e. The highest BCUT2D eigenvalue weighted by molar-refractivity contribution is 6.06. The lowest BCUT2D eigenvalue weighted by Gasteiger charge is -2.00.